The van der Waals surface area contributed by atoms with Gasteiger partial charge < -0.3 is 5.32 Å². The van der Waals surface area contributed by atoms with Gasteiger partial charge in [0.25, 0.3) is 0 Å². The summed E-state index contributed by atoms with van der Waals surface area (Å²) in [5.41, 5.74) is 0.272. The molecule has 0 saturated carbocycles. The number of aromatic nitrogens is 1. The Morgan fingerprint density at radius 1 is 1.50 bits per heavy atom. The van der Waals surface area contributed by atoms with Gasteiger partial charge in [-0.2, -0.15) is 0 Å². The standard InChI is InChI=1S/C13H21N3S2/c1-4-13(5-2)9-18-12(16-13)15-8-10(3)11-14-6-7-17-11/h6-7,10H,4-5,8-9H2,1-3H3,(H,15,16). The van der Waals surface area contributed by atoms with Crippen LogP contribution in [0.15, 0.2) is 16.6 Å². The average molecular weight is 283 g/mol. The van der Waals surface area contributed by atoms with E-state index in [2.05, 4.69) is 31.1 Å². The number of thiazole rings is 1. The monoisotopic (exact) mass is 283 g/mol. The lowest BCUT2D eigenvalue weighted by Crippen LogP contribution is -2.42. The van der Waals surface area contributed by atoms with Gasteiger partial charge in [-0.25, -0.2) is 4.98 Å². The first-order valence-electron chi connectivity index (χ1n) is 6.54. The zero-order valence-electron chi connectivity index (χ0n) is 11.3. The molecule has 1 atom stereocenters. The van der Waals surface area contributed by atoms with Crippen molar-refractivity contribution in [1.82, 2.24) is 10.3 Å². The van der Waals surface area contributed by atoms with E-state index in [9.17, 15) is 0 Å². The molecule has 0 spiro atoms. The van der Waals surface area contributed by atoms with Gasteiger partial charge in [-0.15, -0.1) is 11.3 Å². The lowest BCUT2D eigenvalue weighted by atomic mass is 9.96. The second kappa shape index (κ2) is 6.06. The molecule has 1 aromatic heterocycles. The largest absolute Gasteiger partial charge is 0.359 e. The third kappa shape index (κ3) is 3.06. The van der Waals surface area contributed by atoms with Crippen molar-refractivity contribution in [3.05, 3.63) is 16.6 Å². The summed E-state index contributed by atoms with van der Waals surface area (Å²) in [5, 5.41) is 7.92. The highest BCUT2D eigenvalue weighted by atomic mass is 32.2. The van der Waals surface area contributed by atoms with Crippen molar-refractivity contribution in [3.63, 3.8) is 0 Å². The second-order valence-corrected chi connectivity index (χ2v) is 6.71. The van der Waals surface area contributed by atoms with Crippen LogP contribution in [-0.2, 0) is 0 Å². The smallest absolute Gasteiger partial charge is 0.157 e. The van der Waals surface area contributed by atoms with Crippen molar-refractivity contribution in [2.24, 2.45) is 4.99 Å². The number of amidine groups is 1. The Morgan fingerprint density at radius 2 is 2.28 bits per heavy atom. The number of rotatable bonds is 5. The lowest BCUT2D eigenvalue weighted by molar-refractivity contribution is 0.407. The highest BCUT2D eigenvalue weighted by molar-refractivity contribution is 8.14. The van der Waals surface area contributed by atoms with Gasteiger partial charge in [-0.1, -0.05) is 32.5 Å². The molecule has 2 rings (SSSR count). The van der Waals surface area contributed by atoms with Crippen LogP contribution in [0.3, 0.4) is 0 Å². The molecule has 100 valence electrons. The van der Waals surface area contributed by atoms with E-state index in [1.165, 1.54) is 5.01 Å². The zero-order valence-corrected chi connectivity index (χ0v) is 12.9. The predicted octanol–water partition coefficient (Wildman–Crippen LogP) is 3.50. The first kappa shape index (κ1) is 13.9. The number of aliphatic imine (C=N–C) groups is 1. The van der Waals surface area contributed by atoms with Crippen molar-refractivity contribution in [2.75, 3.05) is 12.3 Å². The van der Waals surface area contributed by atoms with Gasteiger partial charge in [0.1, 0.15) is 0 Å². The molecule has 0 aliphatic carbocycles. The molecular formula is C13H21N3S2. The second-order valence-electron chi connectivity index (χ2n) is 4.82. The Balaban J connectivity index is 1.92. The van der Waals surface area contributed by atoms with E-state index < -0.39 is 0 Å². The summed E-state index contributed by atoms with van der Waals surface area (Å²) >= 11 is 3.57. The van der Waals surface area contributed by atoms with Crippen LogP contribution in [0.1, 0.15) is 44.5 Å². The maximum absolute atomic E-state index is 4.71. The molecule has 2 heterocycles. The Kier molecular flexibility index (Phi) is 4.67. The van der Waals surface area contributed by atoms with Crippen molar-refractivity contribution in [3.8, 4) is 0 Å². The molecule has 0 aromatic carbocycles. The molecule has 1 aliphatic rings. The van der Waals surface area contributed by atoms with Gasteiger partial charge in [0.2, 0.25) is 0 Å². The molecule has 1 aliphatic heterocycles. The van der Waals surface area contributed by atoms with E-state index in [4.69, 9.17) is 4.99 Å². The minimum absolute atomic E-state index is 0.272. The summed E-state index contributed by atoms with van der Waals surface area (Å²) in [5.74, 6) is 1.56. The molecular weight excluding hydrogens is 262 g/mol. The summed E-state index contributed by atoms with van der Waals surface area (Å²) in [6.07, 6.45) is 4.19. The summed E-state index contributed by atoms with van der Waals surface area (Å²) in [4.78, 5) is 9.05. The quantitative estimate of drug-likeness (QED) is 0.898. The molecule has 1 aromatic rings. The maximum atomic E-state index is 4.71. The average Bonchev–Trinajstić information content (AvgIpc) is 3.06. The van der Waals surface area contributed by atoms with Crippen molar-refractivity contribution in [2.45, 2.75) is 45.1 Å². The van der Waals surface area contributed by atoms with Crippen LogP contribution in [-0.4, -0.2) is 28.0 Å². The fourth-order valence-electron chi connectivity index (χ4n) is 2.00. The number of thioether (sulfide) groups is 1. The predicted molar refractivity (Wildman–Crippen MR) is 81.7 cm³/mol. The van der Waals surface area contributed by atoms with E-state index in [-0.39, 0.29) is 5.54 Å². The van der Waals surface area contributed by atoms with E-state index in [0.717, 1.165) is 30.3 Å². The highest BCUT2D eigenvalue weighted by Crippen LogP contribution is 2.29. The topological polar surface area (TPSA) is 37.3 Å². The molecule has 1 fully saturated rings. The SMILES string of the molecule is CCC1(CC)CSC(=NCC(C)c2nccs2)N1. The minimum Gasteiger partial charge on any atom is -0.359 e. The molecule has 0 amide bonds. The van der Waals surface area contributed by atoms with E-state index in [1.54, 1.807) is 11.3 Å². The van der Waals surface area contributed by atoms with Crippen LogP contribution in [0.5, 0.6) is 0 Å². The van der Waals surface area contributed by atoms with Crippen LogP contribution in [0.25, 0.3) is 0 Å². The minimum atomic E-state index is 0.272. The number of hydrogen-bond donors (Lipinski definition) is 1. The summed E-state index contributed by atoms with van der Waals surface area (Å²) < 4.78 is 0. The van der Waals surface area contributed by atoms with Gasteiger partial charge in [-0.3, -0.25) is 4.99 Å². The van der Waals surface area contributed by atoms with Crippen molar-refractivity contribution in [1.29, 1.82) is 0 Å². The van der Waals surface area contributed by atoms with Gasteiger partial charge in [0, 0.05) is 28.8 Å². The van der Waals surface area contributed by atoms with Crippen LogP contribution in [0.4, 0.5) is 0 Å². The molecule has 18 heavy (non-hydrogen) atoms. The van der Waals surface area contributed by atoms with Gasteiger partial charge in [0.05, 0.1) is 11.6 Å². The van der Waals surface area contributed by atoms with Gasteiger partial charge >= 0.3 is 0 Å². The molecule has 3 nitrogen and oxygen atoms in total. The summed E-state index contributed by atoms with van der Waals surface area (Å²) in [7, 11) is 0. The molecule has 1 saturated heterocycles. The first-order valence-corrected chi connectivity index (χ1v) is 8.40. The van der Waals surface area contributed by atoms with Crippen LogP contribution >= 0.6 is 23.1 Å². The van der Waals surface area contributed by atoms with Gasteiger partial charge in [-0.05, 0) is 12.8 Å². The van der Waals surface area contributed by atoms with Crippen LogP contribution in [0, 0.1) is 0 Å². The molecule has 0 bridgehead atoms. The van der Waals surface area contributed by atoms with Crippen molar-refractivity contribution >= 4 is 28.3 Å². The van der Waals surface area contributed by atoms with E-state index >= 15 is 0 Å². The highest BCUT2D eigenvalue weighted by Gasteiger charge is 2.33. The van der Waals surface area contributed by atoms with E-state index in [1.807, 2.05) is 23.3 Å². The fourth-order valence-corrected chi connectivity index (χ4v) is 4.04. The Bertz CT molecular complexity index is 396. The van der Waals surface area contributed by atoms with Gasteiger partial charge in [0.15, 0.2) is 5.17 Å². The number of nitrogens with one attached hydrogen (secondary N) is 1. The third-order valence-electron chi connectivity index (χ3n) is 3.59. The Morgan fingerprint density at radius 3 is 2.83 bits per heavy atom. The summed E-state index contributed by atoms with van der Waals surface area (Å²) in [6, 6.07) is 0. The van der Waals surface area contributed by atoms with Crippen LogP contribution < -0.4 is 5.32 Å². The number of hydrogen-bond acceptors (Lipinski definition) is 4. The Labute approximate surface area is 118 Å². The zero-order chi connectivity index (χ0) is 13.0. The third-order valence-corrected chi connectivity index (χ3v) is 5.80. The van der Waals surface area contributed by atoms with Crippen molar-refractivity contribution < 1.29 is 0 Å². The van der Waals surface area contributed by atoms with Crippen LogP contribution in [0.2, 0.25) is 0 Å². The number of nitrogens with zero attached hydrogens (tertiary/aromatic N) is 2. The molecule has 1 N–H and O–H groups in total. The molecule has 5 heteroatoms. The molecule has 0 radical (unpaired) electrons. The fraction of sp³-hybridized carbons (Fsp3) is 0.692. The Hall–Kier alpha value is -0.550. The van der Waals surface area contributed by atoms with E-state index in [0.29, 0.717) is 5.92 Å². The normalized spacial score (nSPS) is 22.1. The molecule has 1 unspecified atom stereocenters. The summed E-state index contributed by atoms with van der Waals surface area (Å²) in [6.45, 7) is 7.51. The maximum Gasteiger partial charge on any atom is 0.157 e. The first-order chi connectivity index (χ1) is 8.69. The lowest BCUT2D eigenvalue weighted by Gasteiger charge is -2.25.